The van der Waals surface area contributed by atoms with Gasteiger partial charge in [0.1, 0.15) is 24.2 Å². The van der Waals surface area contributed by atoms with E-state index >= 15 is 0 Å². The zero-order valence-corrected chi connectivity index (χ0v) is 38.4. The number of halogens is 1. The Morgan fingerprint density at radius 2 is 1.52 bits per heavy atom. The smallest absolute Gasteiger partial charge is 0.481 e. The molecule has 1 aromatic carbocycles. The van der Waals surface area contributed by atoms with Crippen molar-refractivity contribution in [3.8, 4) is 0 Å². The Labute approximate surface area is 372 Å². The number of benzene rings is 1. The number of nitrogens with one attached hydrogen (secondary N) is 4. The first kappa shape index (κ1) is 49.0. The predicted molar refractivity (Wildman–Crippen MR) is 232 cm³/mol. The Morgan fingerprint density at radius 3 is 2.11 bits per heavy atom. The minimum atomic E-state index is -1.51. The number of hydrogen-bond acceptors (Lipinski definition) is 10. The van der Waals surface area contributed by atoms with Crippen LogP contribution in [0.3, 0.4) is 0 Å². The van der Waals surface area contributed by atoms with Gasteiger partial charge >= 0.3 is 19.1 Å². The summed E-state index contributed by atoms with van der Waals surface area (Å²) >= 11 is 3.50. The number of hydrogen-bond donors (Lipinski definition) is 7. The number of nitrogens with zero attached hydrogens (tertiary/aromatic N) is 1. The molecule has 10 atom stereocenters. The number of aryl methyl sites for hydroxylation is 1. The molecule has 0 unspecified atom stereocenters. The first-order valence-corrected chi connectivity index (χ1v) is 22.6. The molecule has 17 nitrogen and oxygen atoms in total. The molecule has 5 fully saturated rings. The van der Waals surface area contributed by atoms with E-state index in [9.17, 15) is 38.7 Å². The van der Waals surface area contributed by atoms with Crippen LogP contribution in [-0.4, -0.2) is 118 Å². The summed E-state index contributed by atoms with van der Waals surface area (Å²) in [6.07, 6.45) is 2.41. The normalized spacial score (nSPS) is 26.0. The Morgan fingerprint density at radius 1 is 0.871 bits per heavy atom. The van der Waals surface area contributed by atoms with Gasteiger partial charge in [-0.1, -0.05) is 69.6 Å². The summed E-state index contributed by atoms with van der Waals surface area (Å²) in [5, 5.41) is 29.2. The van der Waals surface area contributed by atoms with Crippen LogP contribution in [0, 0.1) is 29.1 Å². The number of carbonyl (C=O) groups excluding carboxylic acids is 5. The third kappa shape index (κ3) is 11.2. The minimum absolute atomic E-state index is 0.0905. The molecule has 5 aliphatic rings. The maximum Gasteiger partial charge on any atom is 0.481 e. The van der Waals surface area contributed by atoms with E-state index in [-0.39, 0.29) is 30.4 Å². The number of nitrogens with two attached hydrogens (primary N) is 1. The first-order chi connectivity index (χ1) is 29.0. The van der Waals surface area contributed by atoms with Gasteiger partial charge in [-0.05, 0) is 98.7 Å². The highest BCUT2D eigenvalue weighted by atomic mass is 79.9. The molecule has 1 aromatic rings. The van der Waals surface area contributed by atoms with Crippen molar-refractivity contribution in [2.45, 2.75) is 154 Å². The SMILES string of the molecule is CC(C)[C@H](NC(=O)[C@H](CCC(=O)O)NC(=O)[C@@H](N)CC(=O)O)C(=O)N[C@H](C(=O)N1CCC[C@H]1C(=O)N[C@@H](CCc1ccc(Br)cc1)B1O[C@H]2C[C@@H]3C[C@@H](C3(C)C)[C@@]2(C)O1)C(C)C. The number of amides is 5. The Kier molecular flexibility index (Phi) is 15.9. The van der Waals surface area contributed by atoms with Gasteiger partial charge in [0, 0.05) is 17.4 Å². The van der Waals surface area contributed by atoms with Gasteiger partial charge in [-0.3, -0.25) is 33.6 Å². The molecule has 0 radical (unpaired) electrons. The fraction of sp³-hybridized carbons (Fsp3) is 0.698. The maximum absolute atomic E-state index is 14.4. The first-order valence-electron chi connectivity index (χ1n) is 21.8. The van der Waals surface area contributed by atoms with Crippen LogP contribution in [0.15, 0.2) is 28.7 Å². The van der Waals surface area contributed by atoms with Crippen LogP contribution in [-0.2, 0) is 49.3 Å². The van der Waals surface area contributed by atoms with Gasteiger partial charge in [0.15, 0.2) is 0 Å². The van der Waals surface area contributed by atoms with Crippen LogP contribution in [0.1, 0.15) is 105 Å². The molecule has 2 heterocycles. The summed E-state index contributed by atoms with van der Waals surface area (Å²) in [6.45, 7) is 13.8. The highest BCUT2D eigenvalue weighted by Gasteiger charge is 2.68. The molecule has 3 aliphatic carbocycles. The van der Waals surface area contributed by atoms with E-state index in [4.69, 9.17) is 20.1 Å². The monoisotopic (exact) mass is 930 g/mol. The Bertz CT molecular complexity index is 1850. The fourth-order valence-electron chi connectivity index (χ4n) is 9.72. The van der Waals surface area contributed by atoms with Crippen LogP contribution >= 0.6 is 15.9 Å². The van der Waals surface area contributed by atoms with E-state index in [2.05, 4.69) is 58.0 Å². The molecule has 5 amide bonds. The third-order valence-electron chi connectivity index (χ3n) is 13.6. The summed E-state index contributed by atoms with van der Waals surface area (Å²) in [5.41, 5.74) is 6.40. The molecule has 8 N–H and O–H groups in total. The Hall–Kier alpha value is -4.07. The van der Waals surface area contributed by atoms with Crippen LogP contribution in [0.25, 0.3) is 0 Å². The number of carboxylic acid groups (broad SMARTS) is 2. The molecular formula is C43H64BBrN6O11. The summed E-state index contributed by atoms with van der Waals surface area (Å²) in [4.78, 5) is 92.8. The van der Waals surface area contributed by atoms with Crippen molar-refractivity contribution in [3.05, 3.63) is 34.3 Å². The second-order valence-corrected chi connectivity index (χ2v) is 19.9. The van der Waals surface area contributed by atoms with E-state index < -0.39 is 109 Å². The van der Waals surface area contributed by atoms with E-state index in [1.807, 2.05) is 24.3 Å². The minimum Gasteiger partial charge on any atom is -0.481 e. The molecule has 342 valence electrons. The van der Waals surface area contributed by atoms with E-state index in [0.717, 1.165) is 22.9 Å². The van der Waals surface area contributed by atoms with Gasteiger partial charge in [0.25, 0.3) is 0 Å². The second kappa shape index (κ2) is 20.2. The molecule has 6 rings (SSSR count). The highest BCUT2D eigenvalue weighted by Crippen LogP contribution is 2.65. The third-order valence-corrected chi connectivity index (χ3v) is 14.1. The van der Waals surface area contributed by atoms with Gasteiger partial charge in [0.05, 0.1) is 30.1 Å². The number of rotatable bonds is 20. The quantitative estimate of drug-likeness (QED) is 0.0932. The molecule has 3 saturated carbocycles. The number of likely N-dealkylation sites (tertiary alicyclic amines) is 1. The van der Waals surface area contributed by atoms with Crippen LogP contribution in [0.5, 0.6) is 0 Å². The standard InChI is InChI=1S/C43H64BBrN6O11/c1-22(2)35(49-38(57)28(15-17-33(52)53)47-37(56)27(46)21-34(54)55)40(59)50-36(23(3)4)41(60)51-18-8-9-29(51)39(58)48-32(16-12-24-10-13-26(45)14-11-24)44-61-31-20-25-19-30(42(25,5)6)43(31,7)62-44/h10-11,13-14,22-23,25,27-32,35-36H,8-9,12,15-21,46H2,1-7H3,(H,47,56)(H,48,58)(H,49,57)(H,50,59)(H,52,53)(H,54,55)/t25-,27-,28-,29-,30-,31-,32-,35-,36-,43+/m0/s1. The van der Waals surface area contributed by atoms with Crippen molar-refractivity contribution in [2.75, 3.05) is 6.54 Å². The van der Waals surface area contributed by atoms with Gasteiger partial charge < -0.3 is 51.4 Å². The largest absolute Gasteiger partial charge is 0.481 e. The highest BCUT2D eigenvalue weighted by molar-refractivity contribution is 9.10. The van der Waals surface area contributed by atoms with Crippen molar-refractivity contribution in [1.82, 2.24) is 26.2 Å². The lowest BCUT2D eigenvalue weighted by molar-refractivity contribution is -0.199. The van der Waals surface area contributed by atoms with Crippen molar-refractivity contribution < 1.29 is 53.1 Å². The number of carboxylic acids is 2. The van der Waals surface area contributed by atoms with Gasteiger partial charge in [-0.15, -0.1) is 0 Å². The molecule has 0 spiro atoms. The van der Waals surface area contributed by atoms with Crippen LogP contribution in [0.4, 0.5) is 0 Å². The molecule has 2 aliphatic heterocycles. The summed E-state index contributed by atoms with van der Waals surface area (Å²) in [7, 11) is -0.686. The van der Waals surface area contributed by atoms with E-state index in [1.165, 1.54) is 4.90 Å². The molecule has 2 saturated heterocycles. The van der Waals surface area contributed by atoms with E-state index in [0.29, 0.717) is 37.5 Å². The van der Waals surface area contributed by atoms with Gasteiger partial charge in [-0.25, -0.2) is 0 Å². The Balaban J connectivity index is 1.28. The lowest BCUT2D eigenvalue weighted by Crippen LogP contribution is -2.65. The zero-order chi connectivity index (χ0) is 45.8. The van der Waals surface area contributed by atoms with Crippen LogP contribution in [0.2, 0.25) is 0 Å². The molecule has 2 bridgehead atoms. The molecule has 19 heteroatoms. The van der Waals surface area contributed by atoms with Crippen molar-refractivity contribution in [1.29, 1.82) is 0 Å². The predicted octanol–water partition coefficient (Wildman–Crippen LogP) is 2.56. The number of carbonyl (C=O) groups is 7. The van der Waals surface area contributed by atoms with Crippen molar-refractivity contribution >= 4 is 64.5 Å². The average molecular weight is 932 g/mol. The molecular weight excluding hydrogens is 867 g/mol. The van der Waals surface area contributed by atoms with Crippen LogP contribution < -0.4 is 27.0 Å². The molecule has 62 heavy (non-hydrogen) atoms. The fourth-order valence-corrected chi connectivity index (χ4v) is 9.99. The topological polar surface area (TPSA) is 256 Å². The van der Waals surface area contributed by atoms with E-state index in [1.54, 1.807) is 27.7 Å². The summed E-state index contributed by atoms with van der Waals surface area (Å²) in [6, 6.07) is 1.90. The number of aliphatic carboxylic acids is 2. The lowest BCUT2D eigenvalue weighted by Gasteiger charge is -2.64. The second-order valence-electron chi connectivity index (χ2n) is 19.0. The maximum atomic E-state index is 14.4. The van der Waals surface area contributed by atoms with Gasteiger partial charge in [-0.2, -0.15) is 0 Å². The average Bonchev–Trinajstić information content (AvgIpc) is 3.83. The van der Waals surface area contributed by atoms with Gasteiger partial charge in [0.2, 0.25) is 29.5 Å². The van der Waals surface area contributed by atoms with Crippen molar-refractivity contribution in [3.63, 3.8) is 0 Å². The lowest BCUT2D eigenvalue weighted by atomic mass is 9.43. The summed E-state index contributed by atoms with van der Waals surface area (Å²) in [5.74, 6) is -6.57. The summed E-state index contributed by atoms with van der Waals surface area (Å²) < 4.78 is 14.5. The molecule has 0 aromatic heterocycles. The zero-order valence-electron chi connectivity index (χ0n) is 36.8. The van der Waals surface area contributed by atoms with Crippen molar-refractivity contribution in [2.24, 2.45) is 34.8 Å².